The van der Waals surface area contributed by atoms with Crippen LogP contribution in [0.15, 0.2) is 18.2 Å². The summed E-state index contributed by atoms with van der Waals surface area (Å²) in [6.07, 6.45) is 1.56. The molecule has 0 aromatic heterocycles. The summed E-state index contributed by atoms with van der Waals surface area (Å²) in [6, 6.07) is 4.10. The topological polar surface area (TPSA) is 84.9 Å². The number of amides is 1. The molecule has 1 atom stereocenters. The fourth-order valence-electron chi connectivity index (χ4n) is 2.19. The zero-order valence-corrected chi connectivity index (χ0v) is 11.9. The molecule has 1 amide bonds. The van der Waals surface area contributed by atoms with Gasteiger partial charge in [-0.3, -0.25) is 4.79 Å². The Balaban J connectivity index is 2.05. The number of hydrogen-bond acceptors (Lipinski definition) is 4. The molecule has 0 fully saturated rings. The number of nitrogens with one attached hydrogen (secondary N) is 1. The Bertz CT molecular complexity index is 529. The second-order valence-electron chi connectivity index (χ2n) is 4.86. The Kier molecular flexibility index (Phi) is 5.16. The lowest BCUT2D eigenvalue weighted by atomic mass is 10.0. The van der Waals surface area contributed by atoms with Gasteiger partial charge in [-0.05, 0) is 29.7 Å². The van der Waals surface area contributed by atoms with Crippen molar-refractivity contribution in [2.24, 2.45) is 0 Å². The average Bonchev–Trinajstić information content (AvgIpc) is 2.92. The Hall–Kier alpha value is -2.08. The van der Waals surface area contributed by atoms with Crippen molar-refractivity contribution in [1.82, 2.24) is 5.32 Å². The van der Waals surface area contributed by atoms with E-state index in [4.69, 9.17) is 9.47 Å². The van der Waals surface area contributed by atoms with Gasteiger partial charge in [0.1, 0.15) is 12.4 Å². The monoisotopic (exact) mass is 293 g/mol. The molecule has 1 aliphatic rings. The Morgan fingerprint density at radius 1 is 1.48 bits per heavy atom. The molecule has 2 N–H and O–H groups in total. The molecule has 0 saturated heterocycles. The first kappa shape index (κ1) is 15.3. The Morgan fingerprint density at radius 2 is 2.29 bits per heavy atom. The third-order valence-corrected chi connectivity index (χ3v) is 3.18. The van der Waals surface area contributed by atoms with E-state index >= 15 is 0 Å². The predicted octanol–water partition coefficient (Wildman–Crippen LogP) is 1.29. The first-order chi connectivity index (χ1) is 10.1. The number of carboxylic acid groups (broad SMARTS) is 1. The molecule has 6 nitrogen and oxygen atoms in total. The van der Waals surface area contributed by atoms with Gasteiger partial charge in [-0.2, -0.15) is 0 Å². The van der Waals surface area contributed by atoms with Crippen molar-refractivity contribution in [2.75, 3.05) is 19.8 Å². The number of carbonyl (C=O) groups is 2. The summed E-state index contributed by atoms with van der Waals surface area (Å²) in [5.41, 5.74) is 1.51. The summed E-state index contributed by atoms with van der Waals surface area (Å²) < 4.78 is 10.5. The third-order valence-electron chi connectivity index (χ3n) is 3.18. The molecule has 1 unspecified atom stereocenters. The molecule has 114 valence electrons. The van der Waals surface area contributed by atoms with Crippen molar-refractivity contribution >= 4 is 11.9 Å². The highest BCUT2D eigenvalue weighted by Crippen LogP contribution is 2.28. The first-order valence-corrected chi connectivity index (χ1v) is 6.97. The van der Waals surface area contributed by atoms with Crippen LogP contribution in [0.1, 0.15) is 30.5 Å². The van der Waals surface area contributed by atoms with Crippen molar-refractivity contribution in [3.05, 3.63) is 29.3 Å². The van der Waals surface area contributed by atoms with Crippen LogP contribution in [0.2, 0.25) is 0 Å². The van der Waals surface area contributed by atoms with Crippen LogP contribution in [0.4, 0.5) is 0 Å². The van der Waals surface area contributed by atoms with Crippen LogP contribution in [0, 0.1) is 0 Å². The van der Waals surface area contributed by atoms with E-state index in [0.29, 0.717) is 18.8 Å². The van der Waals surface area contributed by atoms with Gasteiger partial charge in [0.05, 0.1) is 6.61 Å². The van der Waals surface area contributed by atoms with Gasteiger partial charge < -0.3 is 19.9 Å². The van der Waals surface area contributed by atoms with Gasteiger partial charge in [-0.1, -0.05) is 13.0 Å². The normalized spacial score (nSPS) is 14.1. The molecular weight excluding hydrogens is 274 g/mol. The van der Waals surface area contributed by atoms with Gasteiger partial charge >= 0.3 is 5.97 Å². The lowest BCUT2D eigenvalue weighted by Gasteiger charge is -2.15. The van der Waals surface area contributed by atoms with Crippen LogP contribution < -0.4 is 10.1 Å². The van der Waals surface area contributed by atoms with Crippen molar-refractivity contribution in [2.45, 2.75) is 25.8 Å². The van der Waals surface area contributed by atoms with E-state index in [1.165, 1.54) is 0 Å². The lowest BCUT2D eigenvalue weighted by Crippen LogP contribution is -2.36. The van der Waals surface area contributed by atoms with E-state index in [-0.39, 0.29) is 6.61 Å². The summed E-state index contributed by atoms with van der Waals surface area (Å²) in [7, 11) is 0. The lowest BCUT2D eigenvalue weighted by molar-refractivity contribution is -0.142. The van der Waals surface area contributed by atoms with Crippen LogP contribution in [-0.4, -0.2) is 36.8 Å². The Labute approximate surface area is 123 Å². The number of hydrogen-bond donors (Lipinski definition) is 2. The van der Waals surface area contributed by atoms with E-state index < -0.39 is 17.9 Å². The highest BCUT2D eigenvalue weighted by Gasteiger charge is 2.24. The number of fused-ring (bicyclic) bond motifs is 1. The van der Waals surface area contributed by atoms with Crippen molar-refractivity contribution < 1.29 is 24.2 Å². The molecule has 0 spiro atoms. The molecule has 1 aliphatic heterocycles. The quantitative estimate of drug-likeness (QED) is 0.740. The molecule has 0 bridgehead atoms. The van der Waals surface area contributed by atoms with Crippen LogP contribution in [0.25, 0.3) is 0 Å². The predicted molar refractivity (Wildman–Crippen MR) is 75.3 cm³/mol. The maximum absolute atomic E-state index is 11.7. The summed E-state index contributed by atoms with van der Waals surface area (Å²) >= 11 is 0. The third kappa shape index (κ3) is 3.95. The molecule has 2 rings (SSSR count). The molecule has 6 heteroatoms. The molecule has 21 heavy (non-hydrogen) atoms. The van der Waals surface area contributed by atoms with E-state index in [0.717, 1.165) is 24.2 Å². The van der Waals surface area contributed by atoms with Crippen molar-refractivity contribution in [3.8, 4) is 5.75 Å². The van der Waals surface area contributed by atoms with E-state index in [1.54, 1.807) is 18.2 Å². The van der Waals surface area contributed by atoms with Gasteiger partial charge in [0.25, 0.3) is 0 Å². The first-order valence-electron chi connectivity index (χ1n) is 6.97. The van der Waals surface area contributed by atoms with Crippen LogP contribution >= 0.6 is 0 Å². The van der Waals surface area contributed by atoms with Gasteiger partial charge in [0, 0.05) is 13.0 Å². The maximum Gasteiger partial charge on any atom is 0.330 e. The number of carboxylic acids is 1. The summed E-state index contributed by atoms with van der Waals surface area (Å²) in [4.78, 5) is 23.1. The summed E-state index contributed by atoms with van der Waals surface area (Å²) in [6.45, 7) is 2.88. The van der Waals surface area contributed by atoms with Gasteiger partial charge in [0.2, 0.25) is 5.91 Å². The van der Waals surface area contributed by atoms with Gasteiger partial charge in [-0.25, -0.2) is 4.79 Å². The van der Waals surface area contributed by atoms with Crippen molar-refractivity contribution in [3.63, 3.8) is 0 Å². The molecular formula is C15H19NO5. The second kappa shape index (κ2) is 7.08. The second-order valence-corrected chi connectivity index (χ2v) is 4.86. The molecule has 0 radical (unpaired) electrons. The average molecular weight is 293 g/mol. The van der Waals surface area contributed by atoms with Gasteiger partial charge in [-0.15, -0.1) is 0 Å². The van der Waals surface area contributed by atoms with E-state index in [2.05, 4.69) is 5.32 Å². The molecule has 0 aliphatic carbocycles. The molecule has 1 aromatic rings. The van der Waals surface area contributed by atoms with Crippen LogP contribution in [-0.2, 0) is 20.7 Å². The fraction of sp³-hybridized carbons (Fsp3) is 0.467. The number of aliphatic carboxylic acids is 1. The minimum Gasteiger partial charge on any atom is -0.493 e. The number of carbonyl (C=O) groups excluding carboxylic acids is 1. The zero-order chi connectivity index (χ0) is 15.2. The van der Waals surface area contributed by atoms with Crippen LogP contribution in [0.3, 0.4) is 0 Å². The standard InChI is InChI=1S/C15H19NO5/c1-2-6-20-9-13(17)16-14(15(18)19)11-3-4-12-10(8-11)5-7-21-12/h3-4,8,14H,2,5-7,9H2,1H3,(H,16,17)(H,18,19). The van der Waals surface area contributed by atoms with E-state index in [1.807, 2.05) is 6.92 Å². The highest BCUT2D eigenvalue weighted by molar-refractivity contribution is 5.85. The Morgan fingerprint density at radius 3 is 3.00 bits per heavy atom. The van der Waals surface area contributed by atoms with Crippen LogP contribution in [0.5, 0.6) is 5.75 Å². The van der Waals surface area contributed by atoms with Gasteiger partial charge in [0.15, 0.2) is 6.04 Å². The molecule has 1 heterocycles. The van der Waals surface area contributed by atoms with E-state index in [9.17, 15) is 14.7 Å². The number of rotatable bonds is 7. The zero-order valence-electron chi connectivity index (χ0n) is 11.9. The smallest absolute Gasteiger partial charge is 0.330 e. The number of ether oxygens (including phenoxy) is 2. The van der Waals surface area contributed by atoms with Crippen molar-refractivity contribution in [1.29, 1.82) is 0 Å². The SMILES string of the molecule is CCCOCC(=O)NC(C(=O)O)c1ccc2c(c1)CCO2. The number of benzene rings is 1. The minimum absolute atomic E-state index is 0.133. The highest BCUT2D eigenvalue weighted by atomic mass is 16.5. The summed E-state index contributed by atoms with van der Waals surface area (Å²) in [5.74, 6) is -0.759. The summed E-state index contributed by atoms with van der Waals surface area (Å²) in [5, 5.41) is 11.8. The molecule has 0 saturated carbocycles. The fourth-order valence-corrected chi connectivity index (χ4v) is 2.19. The largest absolute Gasteiger partial charge is 0.493 e. The minimum atomic E-state index is -1.10. The molecule has 1 aromatic carbocycles. The maximum atomic E-state index is 11.7.